The van der Waals surface area contributed by atoms with Crippen molar-refractivity contribution in [3.63, 3.8) is 0 Å². The summed E-state index contributed by atoms with van der Waals surface area (Å²) in [6, 6.07) is 7.77. The highest BCUT2D eigenvalue weighted by molar-refractivity contribution is 7.89. The van der Waals surface area contributed by atoms with E-state index < -0.39 is 10.0 Å². The zero-order valence-electron chi connectivity index (χ0n) is 16.5. The number of thiophene rings is 1. The smallest absolute Gasteiger partial charge is 0.246 e. The first-order chi connectivity index (χ1) is 14.3. The van der Waals surface area contributed by atoms with Crippen LogP contribution in [-0.2, 0) is 14.8 Å². The summed E-state index contributed by atoms with van der Waals surface area (Å²) in [5, 5.41) is 2.67. The molecule has 0 spiro atoms. The number of anilines is 1. The van der Waals surface area contributed by atoms with E-state index in [1.165, 1.54) is 34.9 Å². The molecule has 2 aromatic rings. The molecule has 0 radical (unpaired) electrons. The molecule has 162 valence electrons. The number of hydrogen-bond donors (Lipinski definition) is 1. The maximum absolute atomic E-state index is 13.1. The number of benzene rings is 1. The van der Waals surface area contributed by atoms with Crippen LogP contribution in [0.5, 0.6) is 5.75 Å². The van der Waals surface area contributed by atoms with Gasteiger partial charge in [-0.2, -0.15) is 4.31 Å². The highest BCUT2D eigenvalue weighted by atomic mass is 35.5. The van der Waals surface area contributed by atoms with E-state index in [1.54, 1.807) is 18.2 Å². The minimum absolute atomic E-state index is 0.0193. The summed E-state index contributed by atoms with van der Waals surface area (Å²) in [5.74, 6) is -0.314. The van der Waals surface area contributed by atoms with Crippen molar-refractivity contribution < 1.29 is 22.7 Å². The number of methoxy groups -OCH3 is 1. The molecule has 0 aliphatic carbocycles. The molecule has 0 unspecified atom stereocenters. The molecule has 1 aromatic carbocycles. The quantitative estimate of drug-likeness (QED) is 0.584. The van der Waals surface area contributed by atoms with E-state index >= 15 is 0 Å². The number of nitrogens with zero attached hydrogens (tertiary/aromatic N) is 1. The summed E-state index contributed by atoms with van der Waals surface area (Å²) >= 11 is 7.00. The zero-order valence-corrected chi connectivity index (χ0v) is 18.9. The number of halogens is 1. The number of sulfonamides is 1. The number of carbonyl (C=O) groups excluding carboxylic acids is 2. The van der Waals surface area contributed by atoms with Gasteiger partial charge in [-0.3, -0.25) is 9.59 Å². The van der Waals surface area contributed by atoms with Crippen LogP contribution in [0.15, 0.2) is 35.2 Å². The van der Waals surface area contributed by atoms with Crippen molar-refractivity contribution in [2.24, 2.45) is 0 Å². The van der Waals surface area contributed by atoms with E-state index in [1.807, 2.05) is 0 Å². The number of hydrogen-bond acceptors (Lipinski definition) is 6. The van der Waals surface area contributed by atoms with Crippen LogP contribution in [-0.4, -0.2) is 44.6 Å². The maximum Gasteiger partial charge on any atom is 0.246 e. The molecule has 1 aromatic heterocycles. The molecule has 3 rings (SSSR count). The number of ether oxygens (including phenoxy) is 1. The van der Waals surface area contributed by atoms with Crippen LogP contribution in [0.1, 0.15) is 41.8 Å². The second-order valence-electron chi connectivity index (χ2n) is 6.91. The summed E-state index contributed by atoms with van der Waals surface area (Å²) in [6.45, 7) is 0.938. The normalized spacial score (nSPS) is 15.0. The highest BCUT2D eigenvalue weighted by Crippen LogP contribution is 2.31. The van der Waals surface area contributed by atoms with Gasteiger partial charge in [0.1, 0.15) is 10.6 Å². The highest BCUT2D eigenvalue weighted by Gasteiger charge is 2.29. The molecular weight excluding hydrogens is 448 g/mol. The van der Waals surface area contributed by atoms with Gasteiger partial charge in [0, 0.05) is 31.6 Å². The van der Waals surface area contributed by atoms with Gasteiger partial charge >= 0.3 is 0 Å². The third kappa shape index (κ3) is 5.40. The standard InChI is InChI=1S/C20H23ClN2O5S2/c1-28-16-7-5-14(13-18(16)30(26,27)23-11-3-2-4-12-23)22-20(25)10-6-15(24)17-8-9-19(21)29-17/h5,7-9,13H,2-4,6,10-12H2,1H3,(H,22,25). The number of nitrogens with one attached hydrogen (secondary N) is 1. The Morgan fingerprint density at radius 1 is 1.13 bits per heavy atom. The Kier molecular flexibility index (Phi) is 7.51. The van der Waals surface area contributed by atoms with Crippen molar-refractivity contribution in [3.05, 3.63) is 39.5 Å². The predicted molar refractivity (Wildman–Crippen MR) is 117 cm³/mol. The second kappa shape index (κ2) is 9.91. The van der Waals surface area contributed by atoms with Gasteiger partial charge in [0.25, 0.3) is 0 Å². The lowest BCUT2D eigenvalue weighted by Crippen LogP contribution is -2.35. The van der Waals surface area contributed by atoms with Crippen LogP contribution in [0, 0.1) is 0 Å². The first kappa shape index (κ1) is 22.7. The largest absolute Gasteiger partial charge is 0.495 e. The van der Waals surface area contributed by atoms with Crippen molar-refractivity contribution in [1.82, 2.24) is 4.31 Å². The molecule has 1 aliphatic heterocycles. The lowest BCUT2D eigenvalue weighted by Gasteiger charge is -2.26. The summed E-state index contributed by atoms with van der Waals surface area (Å²) in [6.07, 6.45) is 2.67. The number of ketones is 1. The van der Waals surface area contributed by atoms with Gasteiger partial charge < -0.3 is 10.1 Å². The zero-order chi connectivity index (χ0) is 21.7. The van der Waals surface area contributed by atoms with Gasteiger partial charge in [-0.25, -0.2) is 8.42 Å². The molecular formula is C20H23ClN2O5S2. The van der Waals surface area contributed by atoms with E-state index in [0.717, 1.165) is 19.3 Å². The summed E-state index contributed by atoms with van der Waals surface area (Å²) in [4.78, 5) is 25.0. The Morgan fingerprint density at radius 2 is 1.87 bits per heavy atom. The van der Waals surface area contributed by atoms with E-state index in [0.29, 0.717) is 28.0 Å². The van der Waals surface area contributed by atoms with Crippen molar-refractivity contribution in [3.8, 4) is 5.75 Å². The Bertz CT molecular complexity index is 1030. The Hall–Kier alpha value is -1.94. The van der Waals surface area contributed by atoms with Crippen LogP contribution >= 0.6 is 22.9 Å². The van der Waals surface area contributed by atoms with Crippen molar-refractivity contribution in [2.75, 3.05) is 25.5 Å². The molecule has 10 heteroatoms. The van der Waals surface area contributed by atoms with E-state index in [-0.39, 0.29) is 35.2 Å². The van der Waals surface area contributed by atoms with Gasteiger partial charge in [-0.1, -0.05) is 18.0 Å². The Morgan fingerprint density at radius 3 is 2.50 bits per heavy atom. The minimum Gasteiger partial charge on any atom is -0.495 e. The lowest BCUT2D eigenvalue weighted by atomic mass is 10.2. The maximum atomic E-state index is 13.1. The van der Waals surface area contributed by atoms with Gasteiger partial charge in [0.15, 0.2) is 5.78 Å². The van der Waals surface area contributed by atoms with Crippen molar-refractivity contribution >= 4 is 50.3 Å². The number of carbonyl (C=O) groups is 2. The van der Waals surface area contributed by atoms with E-state index in [4.69, 9.17) is 16.3 Å². The SMILES string of the molecule is COc1ccc(NC(=O)CCC(=O)c2ccc(Cl)s2)cc1S(=O)(=O)N1CCCCC1. The fourth-order valence-corrected chi connectivity index (χ4v) is 5.95. The molecule has 1 N–H and O–H groups in total. The van der Waals surface area contributed by atoms with Crippen LogP contribution in [0.3, 0.4) is 0 Å². The molecule has 1 amide bonds. The third-order valence-corrected chi connectivity index (χ3v) is 8.00. The average Bonchev–Trinajstić information content (AvgIpc) is 3.19. The lowest BCUT2D eigenvalue weighted by molar-refractivity contribution is -0.116. The minimum atomic E-state index is -3.73. The first-order valence-electron chi connectivity index (χ1n) is 9.58. The monoisotopic (exact) mass is 470 g/mol. The molecule has 30 heavy (non-hydrogen) atoms. The number of piperidine rings is 1. The van der Waals surface area contributed by atoms with Crippen LogP contribution < -0.4 is 10.1 Å². The summed E-state index contributed by atoms with van der Waals surface area (Å²) in [5.41, 5.74) is 0.336. The van der Waals surface area contributed by atoms with Crippen LogP contribution in [0.25, 0.3) is 0 Å². The molecule has 1 saturated heterocycles. The van der Waals surface area contributed by atoms with E-state index in [2.05, 4.69) is 5.32 Å². The fraction of sp³-hybridized carbons (Fsp3) is 0.400. The Labute approximate surface area is 185 Å². The summed E-state index contributed by atoms with van der Waals surface area (Å²) < 4.78 is 33.3. The fourth-order valence-electron chi connectivity index (χ4n) is 3.24. The van der Waals surface area contributed by atoms with E-state index in [9.17, 15) is 18.0 Å². The molecule has 2 heterocycles. The molecule has 1 aliphatic rings. The second-order valence-corrected chi connectivity index (χ2v) is 10.5. The van der Waals surface area contributed by atoms with Crippen LogP contribution in [0.4, 0.5) is 5.69 Å². The molecule has 1 fully saturated rings. The first-order valence-corrected chi connectivity index (χ1v) is 12.2. The molecule has 0 saturated carbocycles. The van der Waals surface area contributed by atoms with Gasteiger partial charge in [0.05, 0.1) is 16.3 Å². The number of rotatable bonds is 8. The summed E-state index contributed by atoms with van der Waals surface area (Å²) in [7, 11) is -2.32. The van der Waals surface area contributed by atoms with Crippen molar-refractivity contribution in [1.29, 1.82) is 0 Å². The molecule has 0 atom stereocenters. The van der Waals surface area contributed by atoms with Gasteiger partial charge in [-0.15, -0.1) is 11.3 Å². The Balaban J connectivity index is 1.69. The molecule has 7 nitrogen and oxygen atoms in total. The van der Waals surface area contributed by atoms with Gasteiger partial charge in [-0.05, 0) is 43.2 Å². The topological polar surface area (TPSA) is 92.8 Å². The van der Waals surface area contributed by atoms with Gasteiger partial charge in [0.2, 0.25) is 15.9 Å². The number of Topliss-reactive ketones (excluding diaryl/α,β-unsaturated/α-hetero) is 1. The average molecular weight is 471 g/mol. The predicted octanol–water partition coefficient (Wildman–Crippen LogP) is 4.19. The number of amides is 1. The van der Waals surface area contributed by atoms with Crippen LogP contribution in [0.2, 0.25) is 4.34 Å². The molecule has 0 bridgehead atoms. The third-order valence-electron chi connectivity index (χ3n) is 4.81. The van der Waals surface area contributed by atoms with Crippen molar-refractivity contribution in [2.45, 2.75) is 37.0 Å².